The zero-order chi connectivity index (χ0) is 11.1. The average molecular weight is 225 g/mol. The van der Waals surface area contributed by atoms with E-state index < -0.39 is 0 Å². The third-order valence-electron chi connectivity index (χ3n) is 2.34. The second-order valence-electron chi connectivity index (χ2n) is 4.91. The van der Waals surface area contributed by atoms with Gasteiger partial charge in [0.25, 0.3) is 0 Å². The van der Waals surface area contributed by atoms with E-state index in [4.69, 9.17) is 4.74 Å². The summed E-state index contributed by atoms with van der Waals surface area (Å²) in [5.74, 6) is 0.248. The SMILES string of the molecule is CC(C)(C)OC(=O)C1CC1c1ccsn1. The first-order valence-electron chi connectivity index (χ1n) is 5.10. The first-order valence-corrected chi connectivity index (χ1v) is 5.94. The summed E-state index contributed by atoms with van der Waals surface area (Å²) < 4.78 is 9.57. The van der Waals surface area contributed by atoms with Gasteiger partial charge in [-0.2, -0.15) is 4.37 Å². The van der Waals surface area contributed by atoms with Crippen LogP contribution in [0.2, 0.25) is 0 Å². The van der Waals surface area contributed by atoms with E-state index in [2.05, 4.69) is 4.37 Å². The molecule has 1 fully saturated rings. The summed E-state index contributed by atoms with van der Waals surface area (Å²) in [5, 5.41) is 1.94. The maximum atomic E-state index is 11.7. The van der Waals surface area contributed by atoms with Crippen molar-refractivity contribution in [1.29, 1.82) is 0 Å². The van der Waals surface area contributed by atoms with Crippen LogP contribution >= 0.6 is 11.5 Å². The number of esters is 1. The highest BCUT2D eigenvalue weighted by Gasteiger charge is 2.47. The van der Waals surface area contributed by atoms with Crippen molar-refractivity contribution >= 4 is 17.5 Å². The van der Waals surface area contributed by atoms with Gasteiger partial charge in [0.05, 0.1) is 11.6 Å². The van der Waals surface area contributed by atoms with Crippen LogP contribution < -0.4 is 0 Å². The van der Waals surface area contributed by atoms with Gasteiger partial charge in [0, 0.05) is 11.3 Å². The maximum absolute atomic E-state index is 11.7. The topological polar surface area (TPSA) is 39.2 Å². The van der Waals surface area contributed by atoms with Crippen LogP contribution in [0.25, 0.3) is 0 Å². The number of ether oxygens (including phenoxy) is 1. The summed E-state index contributed by atoms with van der Waals surface area (Å²) in [6, 6.07) is 1.99. The van der Waals surface area contributed by atoms with Crippen LogP contribution in [-0.4, -0.2) is 15.9 Å². The van der Waals surface area contributed by atoms with E-state index in [1.165, 1.54) is 11.5 Å². The summed E-state index contributed by atoms with van der Waals surface area (Å²) in [6.45, 7) is 5.68. The molecule has 2 rings (SSSR count). The minimum Gasteiger partial charge on any atom is -0.460 e. The number of nitrogens with zero attached hydrogens (tertiary/aromatic N) is 1. The van der Waals surface area contributed by atoms with Crippen LogP contribution in [-0.2, 0) is 9.53 Å². The summed E-state index contributed by atoms with van der Waals surface area (Å²) >= 11 is 1.43. The van der Waals surface area contributed by atoms with E-state index in [-0.39, 0.29) is 17.5 Å². The molecule has 0 bridgehead atoms. The third-order valence-corrected chi connectivity index (χ3v) is 2.91. The molecule has 1 saturated carbocycles. The smallest absolute Gasteiger partial charge is 0.310 e. The van der Waals surface area contributed by atoms with Crippen LogP contribution in [0.4, 0.5) is 0 Å². The van der Waals surface area contributed by atoms with Crippen molar-refractivity contribution in [3.63, 3.8) is 0 Å². The Morgan fingerprint density at radius 1 is 1.60 bits per heavy atom. The predicted molar refractivity (Wildman–Crippen MR) is 58.8 cm³/mol. The van der Waals surface area contributed by atoms with Crippen molar-refractivity contribution in [2.24, 2.45) is 5.92 Å². The highest BCUT2D eigenvalue weighted by molar-refractivity contribution is 7.03. The number of hydrogen-bond acceptors (Lipinski definition) is 4. The summed E-state index contributed by atoms with van der Waals surface area (Å²) in [6.07, 6.45) is 0.888. The Labute approximate surface area is 93.6 Å². The second kappa shape index (κ2) is 3.59. The van der Waals surface area contributed by atoms with E-state index in [0.717, 1.165) is 12.1 Å². The van der Waals surface area contributed by atoms with Crippen molar-refractivity contribution in [1.82, 2.24) is 4.37 Å². The van der Waals surface area contributed by atoms with E-state index in [9.17, 15) is 4.79 Å². The Balaban J connectivity index is 1.91. The molecule has 0 spiro atoms. The minimum absolute atomic E-state index is 0.0336. The molecular weight excluding hydrogens is 210 g/mol. The van der Waals surface area contributed by atoms with Gasteiger partial charge in [-0.1, -0.05) is 0 Å². The molecule has 0 aliphatic heterocycles. The van der Waals surface area contributed by atoms with Crippen molar-refractivity contribution in [3.8, 4) is 0 Å². The molecule has 4 heteroatoms. The van der Waals surface area contributed by atoms with Gasteiger partial charge in [-0.15, -0.1) is 0 Å². The zero-order valence-electron chi connectivity index (χ0n) is 9.19. The van der Waals surface area contributed by atoms with Crippen LogP contribution in [0.1, 0.15) is 38.8 Å². The van der Waals surface area contributed by atoms with Crippen LogP contribution in [0.15, 0.2) is 11.4 Å². The molecule has 0 radical (unpaired) electrons. The summed E-state index contributed by atoms with van der Waals surface area (Å²) in [4.78, 5) is 11.7. The lowest BCUT2D eigenvalue weighted by molar-refractivity contribution is -0.156. The fraction of sp³-hybridized carbons (Fsp3) is 0.636. The van der Waals surface area contributed by atoms with Gasteiger partial charge in [0.2, 0.25) is 0 Å². The van der Waals surface area contributed by atoms with Gasteiger partial charge < -0.3 is 4.74 Å². The van der Waals surface area contributed by atoms with Crippen molar-refractivity contribution in [2.45, 2.75) is 38.7 Å². The standard InChI is InChI=1S/C11H15NO2S/c1-11(2,3)14-10(13)8-6-7(8)9-4-5-15-12-9/h4-5,7-8H,6H2,1-3H3. The molecule has 0 N–H and O–H groups in total. The Morgan fingerprint density at radius 3 is 2.87 bits per heavy atom. The largest absolute Gasteiger partial charge is 0.460 e. The van der Waals surface area contributed by atoms with Gasteiger partial charge in [-0.3, -0.25) is 4.79 Å². The molecule has 1 aromatic rings. The van der Waals surface area contributed by atoms with Crippen molar-refractivity contribution in [3.05, 3.63) is 17.1 Å². The normalized spacial score (nSPS) is 25.0. The van der Waals surface area contributed by atoms with Crippen molar-refractivity contribution < 1.29 is 9.53 Å². The highest BCUT2D eigenvalue weighted by Crippen LogP contribution is 2.48. The lowest BCUT2D eigenvalue weighted by atomic mass is 10.2. The van der Waals surface area contributed by atoms with E-state index in [1.54, 1.807) is 0 Å². The monoisotopic (exact) mass is 225 g/mol. The minimum atomic E-state index is -0.383. The van der Waals surface area contributed by atoms with E-state index >= 15 is 0 Å². The lowest BCUT2D eigenvalue weighted by Gasteiger charge is -2.19. The fourth-order valence-electron chi connectivity index (χ4n) is 1.57. The third kappa shape index (κ3) is 2.56. The van der Waals surface area contributed by atoms with Gasteiger partial charge in [-0.05, 0) is 44.8 Å². The highest BCUT2D eigenvalue weighted by atomic mass is 32.1. The molecule has 1 aliphatic carbocycles. The van der Waals surface area contributed by atoms with Crippen LogP contribution in [0.3, 0.4) is 0 Å². The van der Waals surface area contributed by atoms with E-state index in [1.807, 2.05) is 32.2 Å². The molecular formula is C11H15NO2S. The van der Waals surface area contributed by atoms with E-state index in [0.29, 0.717) is 5.92 Å². The van der Waals surface area contributed by atoms with Gasteiger partial charge in [-0.25, -0.2) is 0 Å². The van der Waals surface area contributed by atoms with Gasteiger partial charge in [0.15, 0.2) is 0 Å². The number of hydrogen-bond donors (Lipinski definition) is 0. The number of rotatable bonds is 2. The first-order chi connectivity index (χ1) is 6.97. The molecule has 0 aromatic carbocycles. The number of aromatic nitrogens is 1. The molecule has 0 amide bonds. The predicted octanol–water partition coefficient (Wildman–Crippen LogP) is 2.59. The Bertz CT molecular complexity index is 353. The van der Waals surface area contributed by atoms with Crippen LogP contribution in [0.5, 0.6) is 0 Å². The molecule has 1 aromatic heterocycles. The number of carbonyl (C=O) groups is 1. The molecule has 2 unspecified atom stereocenters. The molecule has 3 nitrogen and oxygen atoms in total. The molecule has 1 heterocycles. The summed E-state index contributed by atoms with van der Waals surface area (Å²) in [5.41, 5.74) is 0.655. The average Bonchev–Trinajstić information content (AvgIpc) is 2.71. The van der Waals surface area contributed by atoms with Crippen LogP contribution in [0, 0.1) is 5.92 Å². The van der Waals surface area contributed by atoms with Crippen molar-refractivity contribution in [2.75, 3.05) is 0 Å². The Kier molecular flexibility index (Phi) is 2.54. The maximum Gasteiger partial charge on any atom is 0.310 e. The molecule has 1 aliphatic rings. The van der Waals surface area contributed by atoms with Gasteiger partial charge in [0.1, 0.15) is 5.60 Å². The Hall–Kier alpha value is -0.900. The Morgan fingerprint density at radius 2 is 2.33 bits per heavy atom. The fourth-order valence-corrected chi connectivity index (χ4v) is 2.15. The lowest BCUT2D eigenvalue weighted by Crippen LogP contribution is -2.25. The summed E-state index contributed by atoms with van der Waals surface area (Å²) in [7, 11) is 0. The quantitative estimate of drug-likeness (QED) is 0.726. The number of carbonyl (C=O) groups excluding carboxylic acids is 1. The van der Waals surface area contributed by atoms with Gasteiger partial charge >= 0.3 is 5.97 Å². The molecule has 15 heavy (non-hydrogen) atoms. The first kappa shape index (κ1) is 10.6. The molecule has 2 atom stereocenters. The molecule has 82 valence electrons. The zero-order valence-corrected chi connectivity index (χ0v) is 10.0. The molecule has 0 saturated heterocycles. The second-order valence-corrected chi connectivity index (χ2v) is 5.57.